The molecule has 3 rings (SSSR count). The van der Waals surface area contributed by atoms with Crippen LogP contribution in [0, 0.1) is 0 Å². The maximum atomic E-state index is 6.36. The van der Waals surface area contributed by atoms with E-state index in [1.165, 1.54) is 28.5 Å². The third-order valence-corrected chi connectivity index (χ3v) is 4.29. The Hall–Kier alpha value is -0.990. The first-order chi connectivity index (χ1) is 8.70. The van der Waals surface area contributed by atoms with Gasteiger partial charge in [-0.15, -0.1) is 0 Å². The monoisotopic (exact) mass is 262 g/mol. The zero-order valence-electron chi connectivity index (χ0n) is 11.0. The highest BCUT2D eigenvalue weighted by Gasteiger charge is 2.24. The fraction of sp³-hybridized carbons (Fsp3) is 0.467. The fourth-order valence-electron chi connectivity index (χ4n) is 3.07. The number of benzene rings is 1. The predicted octanol–water partition coefficient (Wildman–Crippen LogP) is 3.98. The molecule has 0 saturated heterocycles. The Kier molecular flexibility index (Phi) is 3.08. The minimum atomic E-state index is 0.550. The van der Waals surface area contributed by atoms with Crippen LogP contribution in [0.15, 0.2) is 18.2 Å². The molecule has 1 atom stereocenters. The molecule has 0 fully saturated rings. The second kappa shape index (κ2) is 4.60. The van der Waals surface area contributed by atoms with Crippen molar-refractivity contribution >= 4 is 22.5 Å². The van der Waals surface area contributed by atoms with Gasteiger partial charge in [-0.05, 0) is 43.5 Å². The van der Waals surface area contributed by atoms with Gasteiger partial charge in [0.1, 0.15) is 5.15 Å². The van der Waals surface area contributed by atoms with Gasteiger partial charge in [0.15, 0.2) is 0 Å². The molecule has 1 aromatic heterocycles. The molecule has 1 aromatic carbocycles. The van der Waals surface area contributed by atoms with Crippen LogP contribution in [0.1, 0.15) is 31.4 Å². The first-order valence-electron chi connectivity index (χ1n) is 6.72. The van der Waals surface area contributed by atoms with E-state index in [1.807, 2.05) is 0 Å². The van der Waals surface area contributed by atoms with Crippen LogP contribution in [0.2, 0.25) is 5.15 Å². The molecule has 0 bridgehead atoms. The summed E-state index contributed by atoms with van der Waals surface area (Å²) in [6.45, 7) is 6.74. The first kappa shape index (κ1) is 12.1. The molecule has 0 amide bonds. The Bertz CT molecular complexity index is 573. The fourth-order valence-corrected chi connectivity index (χ4v) is 3.35. The number of aromatic nitrogens is 1. The first-order valence-corrected chi connectivity index (χ1v) is 7.10. The Morgan fingerprint density at radius 3 is 3.06 bits per heavy atom. The van der Waals surface area contributed by atoms with Gasteiger partial charge in [-0.2, -0.15) is 0 Å². The van der Waals surface area contributed by atoms with E-state index in [-0.39, 0.29) is 0 Å². The summed E-state index contributed by atoms with van der Waals surface area (Å²) in [6.07, 6.45) is 2.24. The van der Waals surface area contributed by atoms with Crippen molar-refractivity contribution in [1.29, 1.82) is 0 Å². The van der Waals surface area contributed by atoms with Gasteiger partial charge in [0, 0.05) is 23.5 Å². The van der Waals surface area contributed by atoms with Gasteiger partial charge < -0.3 is 4.98 Å². The summed E-state index contributed by atoms with van der Waals surface area (Å²) in [6, 6.07) is 7.02. The lowest BCUT2D eigenvalue weighted by Gasteiger charge is -2.26. The Labute approximate surface area is 113 Å². The Morgan fingerprint density at radius 2 is 2.28 bits per heavy atom. The van der Waals surface area contributed by atoms with Gasteiger partial charge in [-0.1, -0.05) is 30.7 Å². The lowest BCUT2D eigenvalue weighted by molar-refractivity contribution is 0.203. The van der Waals surface area contributed by atoms with Crippen molar-refractivity contribution in [2.45, 2.75) is 39.3 Å². The van der Waals surface area contributed by atoms with Crippen molar-refractivity contribution in [3.05, 3.63) is 34.5 Å². The summed E-state index contributed by atoms with van der Waals surface area (Å²) in [5, 5.41) is 2.18. The average molecular weight is 263 g/mol. The maximum absolute atomic E-state index is 6.36. The molecule has 0 saturated carbocycles. The molecule has 2 nitrogen and oxygen atoms in total. The summed E-state index contributed by atoms with van der Waals surface area (Å²) in [5.74, 6) is 0. The van der Waals surface area contributed by atoms with Crippen LogP contribution in [0.25, 0.3) is 10.9 Å². The number of aromatic amines is 1. The highest BCUT2D eigenvalue weighted by Crippen LogP contribution is 2.34. The second-order valence-electron chi connectivity index (χ2n) is 5.28. The number of rotatable bonds is 2. The van der Waals surface area contributed by atoms with Gasteiger partial charge in [-0.25, -0.2) is 0 Å². The largest absolute Gasteiger partial charge is 0.345 e. The summed E-state index contributed by atoms with van der Waals surface area (Å²) < 4.78 is 0. The second-order valence-corrected chi connectivity index (χ2v) is 5.66. The molecule has 2 heterocycles. The molecular weight excluding hydrogens is 244 g/mol. The van der Waals surface area contributed by atoms with Crippen molar-refractivity contribution in [2.24, 2.45) is 0 Å². The minimum Gasteiger partial charge on any atom is -0.345 e. The number of H-pyrrole nitrogens is 1. The number of hydrogen-bond acceptors (Lipinski definition) is 1. The normalized spacial score (nSPS) is 20.3. The highest BCUT2D eigenvalue weighted by molar-refractivity contribution is 6.31. The molecule has 0 radical (unpaired) electrons. The van der Waals surface area contributed by atoms with E-state index >= 15 is 0 Å². The molecular formula is C15H19ClN2. The molecule has 0 aliphatic carbocycles. The SMILES string of the molecule is CCCN1Cc2cccc3[nH]c(Cl)c(c23)CC1C. The molecule has 1 aliphatic heterocycles. The summed E-state index contributed by atoms with van der Waals surface area (Å²) in [7, 11) is 0. The van der Waals surface area contributed by atoms with E-state index < -0.39 is 0 Å². The van der Waals surface area contributed by atoms with Crippen LogP contribution in [0.3, 0.4) is 0 Å². The van der Waals surface area contributed by atoms with Crippen LogP contribution < -0.4 is 0 Å². The molecule has 2 aromatic rings. The minimum absolute atomic E-state index is 0.550. The van der Waals surface area contributed by atoms with Gasteiger partial charge >= 0.3 is 0 Å². The highest BCUT2D eigenvalue weighted by atomic mass is 35.5. The number of nitrogens with zero attached hydrogens (tertiary/aromatic N) is 1. The lowest BCUT2D eigenvalue weighted by Crippen LogP contribution is -2.33. The van der Waals surface area contributed by atoms with Crippen molar-refractivity contribution in [3.8, 4) is 0 Å². The quantitative estimate of drug-likeness (QED) is 0.867. The van der Waals surface area contributed by atoms with E-state index in [9.17, 15) is 0 Å². The van der Waals surface area contributed by atoms with E-state index in [0.717, 1.165) is 24.7 Å². The molecule has 1 N–H and O–H groups in total. The third-order valence-electron chi connectivity index (χ3n) is 3.97. The standard InChI is InChI=1S/C15H19ClN2/c1-3-7-18-9-11-5-4-6-13-14(11)12(8-10(18)2)15(16)17-13/h4-6,10,17H,3,7-9H2,1-2H3. The van der Waals surface area contributed by atoms with E-state index in [2.05, 4.69) is 41.9 Å². The summed E-state index contributed by atoms with van der Waals surface area (Å²) in [5.41, 5.74) is 3.88. The van der Waals surface area contributed by atoms with Crippen molar-refractivity contribution in [3.63, 3.8) is 0 Å². The van der Waals surface area contributed by atoms with Crippen LogP contribution in [0.5, 0.6) is 0 Å². The van der Waals surface area contributed by atoms with Gasteiger partial charge in [0.05, 0.1) is 0 Å². The Balaban J connectivity index is 2.14. The van der Waals surface area contributed by atoms with Crippen LogP contribution in [-0.2, 0) is 13.0 Å². The summed E-state index contributed by atoms with van der Waals surface area (Å²) in [4.78, 5) is 5.86. The zero-order chi connectivity index (χ0) is 12.7. The van der Waals surface area contributed by atoms with Crippen molar-refractivity contribution in [2.75, 3.05) is 6.54 Å². The van der Waals surface area contributed by atoms with Gasteiger partial charge in [0.25, 0.3) is 0 Å². The van der Waals surface area contributed by atoms with Crippen molar-refractivity contribution < 1.29 is 0 Å². The van der Waals surface area contributed by atoms with Crippen LogP contribution >= 0.6 is 11.6 Å². The topological polar surface area (TPSA) is 19.0 Å². The molecule has 96 valence electrons. The zero-order valence-corrected chi connectivity index (χ0v) is 11.7. The number of nitrogens with one attached hydrogen (secondary N) is 1. The number of halogens is 1. The molecule has 1 unspecified atom stereocenters. The molecule has 18 heavy (non-hydrogen) atoms. The smallest absolute Gasteiger partial charge is 0.110 e. The molecule has 3 heteroatoms. The predicted molar refractivity (Wildman–Crippen MR) is 77.2 cm³/mol. The van der Waals surface area contributed by atoms with E-state index in [1.54, 1.807) is 0 Å². The van der Waals surface area contributed by atoms with Crippen LogP contribution in [-0.4, -0.2) is 22.5 Å². The van der Waals surface area contributed by atoms with E-state index in [0.29, 0.717) is 6.04 Å². The summed E-state index contributed by atoms with van der Waals surface area (Å²) >= 11 is 6.36. The van der Waals surface area contributed by atoms with E-state index in [4.69, 9.17) is 11.6 Å². The van der Waals surface area contributed by atoms with Gasteiger partial charge in [0.2, 0.25) is 0 Å². The van der Waals surface area contributed by atoms with Crippen LogP contribution in [0.4, 0.5) is 0 Å². The van der Waals surface area contributed by atoms with Gasteiger partial charge in [-0.3, -0.25) is 4.90 Å². The maximum Gasteiger partial charge on any atom is 0.110 e. The Morgan fingerprint density at radius 1 is 1.44 bits per heavy atom. The third kappa shape index (κ3) is 1.84. The molecule has 1 aliphatic rings. The average Bonchev–Trinajstić information content (AvgIpc) is 2.57. The lowest BCUT2D eigenvalue weighted by atomic mass is 10.0. The van der Waals surface area contributed by atoms with Crippen molar-refractivity contribution in [1.82, 2.24) is 9.88 Å². The number of hydrogen-bond donors (Lipinski definition) is 1. The molecule has 0 spiro atoms.